The monoisotopic (exact) mass is 378 g/mol. The fraction of sp³-hybridized carbons (Fsp3) is 0.750. The van der Waals surface area contributed by atoms with Crippen molar-refractivity contribution in [2.24, 2.45) is 23.7 Å². The van der Waals surface area contributed by atoms with E-state index in [2.05, 4.69) is 6.92 Å². The van der Waals surface area contributed by atoms with Gasteiger partial charge in [0.2, 0.25) is 5.82 Å². The van der Waals surface area contributed by atoms with Crippen molar-refractivity contribution < 1.29 is 13.9 Å². The van der Waals surface area contributed by atoms with Crippen molar-refractivity contribution in [1.82, 2.24) is 0 Å². The summed E-state index contributed by atoms with van der Waals surface area (Å²) >= 11 is 0. The highest BCUT2D eigenvalue weighted by Crippen LogP contribution is 2.43. The zero-order valence-electron chi connectivity index (χ0n) is 16.9. The SMILES string of the molecule is CCCCC1CCC(C2CCC(CCc3ccc(O)c(F)c3F)CC2)CC1. The molecule has 0 spiro atoms. The second kappa shape index (κ2) is 9.89. The number of hydrogen-bond acceptors (Lipinski definition) is 1. The molecular weight excluding hydrogens is 342 g/mol. The Labute approximate surface area is 163 Å². The van der Waals surface area contributed by atoms with E-state index in [0.717, 1.165) is 24.2 Å². The van der Waals surface area contributed by atoms with Gasteiger partial charge in [0.15, 0.2) is 11.6 Å². The van der Waals surface area contributed by atoms with E-state index in [9.17, 15) is 13.9 Å². The molecule has 3 heteroatoms. The van der Waals surface area contributed by atoms with E-state index in [1.165, 1.54) is 82.8 Å². The van der Waals surface area contributed by atoms with Crippen LogP contribution in [0.25, 0.3) is 0 Å². The van der Waals surface area contributed by atoms with Gasteiger partial charge in [-0.25, -0.2) is 4.39 Å². The van der Waals surface area contributed by atoms with Gasteiger partial charge in [-0.3, -0.25) is 0 Å². The third kappa shape index (κ3) is 5.45. The van der Waals surface area contributed by atoms with Crippen molar-refractivity contribution in [3.63, 3.8) is 0 Å². The summed E-state index contributed by atoms with van der Waals surface area (Å²) in [5, 5.41) is 9.24. The number of aryl methyl sites for hydroxylation is 1. The van der Waals surface area contributed by atoms with Gasteiger partial charge < -0.3 is 5.11 Å². The molecule has 1 N–H and O–H groups in total. The smallest absolute Gasteiger partial charge is 0.200 e. The summed E-state index contributed by atoms with van der Waals surface area (Å²) < 4.78 is 27.4. The quantitative estimate of drug-likeness (QED) is 0.524. The molecule has 2 fully saturated rings. The molecule has 1 nitrogen and oxygen atoms in total. The first-order chi connectivity index (χ1) is 13.1. The van der Waals surface area contributed by atoms with Crippen molar-refractivity contribution in [2.75, 3.05) is 0 Å². The summed E-state index contributed by atoms with van der Waals surface area (Å²) in [7, 11) is 0. The molecule has 1 aromatic carbocycles. The van der Waals surface area contributed by atoms with Crippen molar-refractivity contribution in [3.05, 3.63) is 29.3 Å². The molecule has 0 amide bonds. The molecular formula is C24H36F2O. The Balaban J connectivity index is 1.39. The Morgan fingerprint density at radius 2 is 1.37 bits per heavy atom. The van der Waals surface area contributed by atoms with Crippen LogP contribution in [-0.4, -0.2) is 5.11 Å². The number of phenols is 1. The molecule has 0 atom stereocenters. The van der Waals surface area contributed by atoms with Gasteiger partial charge in [0.25, 0.3) is 0 Å². The summed E-state index contributed by atoms with van der Waals surface area (Å²) in [5.74, 6) is 0.885. The first-order valence-electron chi connectivity index (χ1n) is 11.2. The van der Waals surface area contributed by atoms with Gasteiger partial charge in [-0.2, -0.15) is 4.39 Å². The van der Waals surface area contributed by atoms with Crippen LogP contribution in [0.4, 0.5) is 8.78 Å². The highest BCUT2D eigenvalue weighted by molar-refractivity contribution is 5.29. The molecule has 27 heavy (non-hydrogen) atoms. The largest absolute Gasteiger partial charge is 0.505 e. The van der Waals surface area contributed by atoms with Gasteiger partial charge in [0, 0.05) is 0 Å². The third-order valence-electron chi connectivity index (χ3n) is 7.38. The second-order valence-corrected chi connectivity index (χ2v) is 9.11. The fourth-order valence-corrected chi connectivity index (χ4v) is 5.52. The number of hydrogen-bond donors (Lipinski definition) is 1. The van der Waals surface area contributed by atoms with Crippen LogP contribution in [0.3, 0.4) is 0 Å². The molecule has 2 aliphatic carbocycles. The number of rotatable bonds is 7. The predicted molar refractivity (Wildman–Crippen MR) is 107 cm³/mol. The van der Waals surface area contributed by atoms with E-state index in [0.29, 0.717) is 17.9 Å². The molecule has 2 saturated carbocycles. The molecule has 0 unspecified atom stereocenters. The summed E-state index contributed by atoms with van der Waals surface area (Å²) in [6, 6.07) is 2.79. The van der Waals surface area contributed by atoms with Crippen LogP contribution in [0, 0.1) is 35.3 Å². The van der Waals surface area contributed by atoms with E-state index >= 15 is 0 Å². The lowest BCUT2D eigenvalue weighted by molar-refractivity contribution is 0.140. The lowest BCUT2D eigenvalue weighted by Gasteiger charge is -2.38. The standard InChI is InChI=1S/C24H36F2O/c1-2-3-4-17-5-10-19(11-6-17)20-12-7-18(8-13-20)9-14-21-15-16-22(27)24(26)23(21)25/h15-20,27H,2-14H2,1H3. The number of phenolic OH excluding ortho intramolecular Hbond substituents is 1. The van der Waals surface area contributed by atoms with Crippen LogP contribution in [0.5, 0.6) is 5.75 Å². The first kappa shape index (κ1) is 20.6. The molecule has 0 radical (unpaired) electrons. The molecule has 3 rings (SSSR count). The fourth-order valence-electron chi connectivity index (χ4n) is 5.52. The summed E-state index contributed by atoms with van der Waals surface area (Å²) in [6.45, 7) is 2.29. The van der Waals surface area contributed by atoms with E-state index < -0.39 is 17.4 Å². The second-order valence-electron chi connectivity index (χ2n) is 9.11. The van der Waals surface area contributed by atoms with Crippen LogP contribution in [0.2, 0.25) is 0 Å². The maximum Gasteiger partial charge on any atom is 0.200 e. The molecule has 152 valence electrons. The number of unbranched alkanes of at least 4 members (excludes halogenated alkanes) is 1. The van der Waals surface area contributed by atoms with Crippen molar-refractivity contribution in [2.45, 2.75) is 90.4 Å². The first-order valence-corrected chi connectivity index (χ1v) is 11.2. The lowest BCUT2D eigenvalue weighted by Crippen LogP contribution is -2.26. The van der Waals surface area contributed by atoms with Gasteiger partial charge in [0.05, 0.1) is 0 Å². The molecule has 0 aliphatic heterocycles. The van der Waals surface area contributed by atoms with E-state index in [4.69, 9.17) is 0 Å². The van der Waals surface area contributed by atoms with Gasteiger partial charge in [-0.15, -0.1) is 0 Å². The van der Waals surface area contributed by atoms with Crippen molar-refractivity contribution in [1.29, 1.82) is 0 Å². The number of aromatic hydroxyl groups is 1. The van der Waals surface area contributed by atoms with Crippen molar-refractivity contribution >= 4 is 0 Å². The van der Waals surface area contributed by atoms with E-state index in [-0.39, 0.29) is 0 Å². The topological polar surface area (TPSA) is 20.2 Å². The van der Waals surface area contributed by atoms with E-state index in [1.54, 1.807) is 0 Å². The van der Waals surface area contributed by atoms with Gasteiger partial charge >= 0.3 is 0 Å². The zero-order valence-corrected chi connectivity index (χ0v) is 16.9. The Morgan fingerprint density at radius 3 is 1.93 bits per heavy atom. The number of benzene rings is 1. The molecule has 1 aromatic rings. The minimum Gasteiger partial charge on any atom is -0.505 e. The molecule has 2 aliphatic rings. The normalized spacial score (nSPS) is 29.0. The summed E-state index contributed by atoms with van der Waals surface area (Å²) in [5.41, 5.74) is 0.401. The minimum absolute atomic E-state index is 0.401. The molecule has 0 saturated heterocycles. The highest BCUT2D eigenvalue weighted by Gasteiger charge is 2.30. The van der Waals surface area contributed by atoms with Crippen LogP contribution < -0.4 is 0 Å². The Kier molecular flexibility index (Phi) is 7.55. The minimum atomic E-state index is -1.11. The Hall–Kier alpha value is -1.12. The van der Waals surface area contributed by atoms with Crippen LogP contribution in [0.15, 0.2) is 12.1 Å². The lowest BCUT2D eigenvalue weighted by atomic mass is 9.68. The zero-order chi connectivity index (χ0) is 19.2. The maximum atomic E-state index is 13.9. The van der Waals surface area contributed by atoms with Gasteiger partial charge in [-0.1, -0.05) is 57.9 Å². The average Bonchev–Trinajstić information content (AvgIpc) is 2.71. The van der Waals surface area contributed by atoms with Crippen LogP contribution in [-0.2, 0) is 6.42 Å². The Morgan fingerprint density at radius 1 is 0.815 bits per heavy atom. The van der Waals surface area contributed by atoms with Crippen LogP contribution in [0.1, 0.15) is 89.5 Å². The average molecular weight is 379 g/mol. The molecule has 0 aromatic heterocycles. The summed E-state index contributed by atoms with van der Waals surface area (Å²) in [6.07, 6.45) is 16.5. The number of halogens is 2. The third-order valence-corrected chi connectivity index (χ3v) is 7.38. The highest BCUT2D eigenvalue weighted by atomic mass is 19.2. The van der Waals surface area contributed by atoms with Crippen molar-refractivity contribution in [3.8, 4) is 5.75 Å². The molecule has 0 bridgehead atoms. The van der Waals surface area contributed by atoms with Crippen LogP contribution >= 0.6 is 0 Å². The predicted octanol–water partition coefficient (Wildman–Crippen LogP) is 7.41. The van der Waals surface area contributed by atoms with Gasteiger partial charge in [-0.05, 0) is 73.8 Å². The van der Waals surface area contributed by atoms with E-state index in [1.807, 2.05) is 0 Å². The summed E-state index contributed by atoms with van der Waals surface area (Å²) in [4.78, 5) is 0. The molecule has 0 heterocycles. The Bertz CT molecular complexity index is 584. The maximum absolute atomic E-state index is 13.9. The van der Waals surface area contributed by atoms with Gasteiger partial charge in [0.1, 0.15) is 0 Å².